The van der Waals surface area contributed by atoms with Gasteiger partial charge in [-0.3, -0.25) is 0 Å². The number of anilines is 2. The van der Waals surface area contributed by atoms with Gasteiger partial charge in [0.25, 0.3) is 0 Å². The fourth-order valence-corrected chi connectivity index (χ4v) is 2.86. The van der Waals surface area contributed by atoms with E-state index in [1.165, 1.54) is 31.0 Å². The Hall–Kier alpha value is -2.57. The lowest BCUT2D eigenvalue weighted by Crippen LogP contribution is -2.47. The largest absolute Gasteiger partial charge is 0.467 e. The Morgan fingerprint density at radius 3 is 2.00 bits per heavy atom. The summed E-state index contributed by atoms with van der Waals surface area (Å²) < 4.78 is 10.3. The number of aryl methyl sites for hydroxylation is 2. The highest BCUT2D eigenvalue weighted by molar-refractivity contribution is 5.56. The lowest BCUT2D eigenvalue weighted by molar-refractivity contribution is 0.339. The normalized spacial score (nSPS) is 14.7. The van der Waals surface area contributed by atoms with Gasteiger partial charge in [-0.1, -0.05) is 12.1 Å². The molecule has 7 nitrogen and oxygen atoms in total. The van der Waals surface area contributed by atoms with Crippen molar-refractivity contribution >= 4 is 11.6 Å². The van der Waals surface area contributed by atoms with Crippen molar-refractivity contribution in [1.29, 1.82) is 0 Å². The first-order chi connectivity index (χ1) is 11.6. The third-order valence-corrected chi connectivity index (χ3v) is 4.22. The van der Waals surface area contributed by atoms with Crippen molar-refractivity contribution in [2.24, 2.45) is 0 Å². The Morgan fingerprint density at radius 2 is 1.42 bits per heavy atom. The van der Waals surface area contributed by atoms with Gasteiger partial charge < -0.3 is 19.3 Å². The van der Waals surface area contributed by atoms with Gasteiger partial charge in [-0.25, -0.2) is 0 Å². The summed E-state index contributed by atoms with van der Waals surface area (Å²) >= 11 is 0. The smallest absolute Gasteiger partial charge is 0.324 e. The van der Waals surface area contributed by atoms with Gasteiger partial charge in [-0.05, 0) is 31.0 Å². The molecule has 1 aliphatic heterocycles. The van der Waals surface area contributed by atoms with E-state index in [-0.39, 0.29) is 12.0 Å². The van der Waals surface area contributed by atoms with Crippen molar-refractivity contribution < 1.29 is 9.47 Å². The number of piperazine rings is 1. The lowest BCUT2D eigenvalue weighted by Gasteiger charge is -2.36. The number of nitrogens with zero attached hydrogens (tertiary/aromatic N) is 5. The van der Waals surface area contributed by atoms with E-state index < -0.39 is 0 Å². The molecule has 1 saturated heterocycles. The van der Waals surface area contributed by atoms with Gasteiger partial charge in [0.05, 0.1) is 14.2 Å². The zero-order valence-electron chi connectivity index (χ0n) is 14.6. The molecule has 2 aromatic rings. The molecule has 1 aliphatic rings. The van der Waals surface area contributed by atoms with Crippen LogP contribution in [0.15, 0.2) is 18.2 Å². The highest BCUT2D eigenvalue weighted by Gasteiger charge is 2.22. The molecule has 1 aromatic heterocycles. The zero-order chi connectivity index (χ0) is 17.1. The first-order valence-corrected chi connectivity index (χ1v) is 8.02. The first kappa shape index (κ1) is 16.3. The first-order valence-electron chi connectivity index (χ1n) is 8.02. The molecule has 0 atom stereocenters. The molecule has 0 aliphatic carbocycles. The molecule has 0 unspecified atom stereocenters. The molecule has 0 spiro atoms. The van der Waals surface area contributed by atoms with E-state index in [2.05, 4.69) is 56.8 Å². The summed E-state index contributed by atoms with van der Waals surface area (Å²) in [5.41, 5.74) is 3.89. The fraction of sp³-hybridized carbons (Fsp3) is 0.471. The van der Waals surface area contributed by atoms with Gasteiger partial charge >= 0.3 is 12.0 Å². The van der Waals surface area contributed by atoms with Gasteiger partial charge in [0, 0.05) is 31.9 Å². The average Bonchev–Trinajstić information content (AvgIpc) is 2.63. The van der Waals surface area contributed by atoms with E-state index in [9.17, 15) is 0 Å². The summed E-state index contributed by atoms with van der Waals surface area (Å²) in [7, 11) is 3.08. The maximum atomic E-state index is 5.13. The number of methoxy groups -OCH3 is 2. The standard InChI is InChI=1S/C17H23N5O2/c1-12-5-6-13(2)14(11-12)21-7-9-22(10-8-21)15-18-16(23-3)20-17(19-15)24-4/h5-6,11H,7-10H2,1-4H3. The maximum absolute atomic E-state index is 5.13. The molecule has 1 aromatic carbocycles. The number of hydrogen-bond acceptors (Lipinski definition) is 7. The Kier molecular flexibility index (Phi) is 4.69. The molecule has 0 bridgehead atoms. The lowest BCUT2D eigenvalue weighted by atomic mass is 10.1. The second kappa shape index (κ2) is 6.90. The van der Waals surface area contributed by atoms with E-state index >= 15 is 0 Å². The molecule has 0 radical (unpaired) electrons. The minimum Gasteiger partial charge on any atom is -0.467 e. The van der Waals surface area contributed by atoms with E-state index in [4.69, 9.17) is 9.47 Å². The molecule has 128 valence electrons. The Balaban J connectivity index is 1.74. The third-order valence-electron chi connectivity index (χ3n) is 4.22. The molecule has 0 saturated carbocycles. The number of rotatable bonds is 4. The van der Waals surface area contributed by atoms with Crippen LogP contribution in [0.4, 0.5) is 11.6 Å². The van der Waals surface area contributed by atoms with E-state index in [1.807, 2.05) is 0 Å². The van der Waals surface area contributed by atoms with Crippen molar-refractivity contribution in [2.45, 2.75) is 13.8 Å². The summed E-state index contributed by atoms with van der Waals surface area (Å²) in [6.07, 6.45) is 0. The number of hydrogen-bond donors (Lipinski definition) is 0. The van der Waals surface area contributed by atoms with Crippen LogP contribution in [-0.4, -0.2) is 55.4 Å². The minimum absolute atomic E-state index is 0.272. The summed E-state index contributed by atoms with van der Waals surface area (Å²) in [4.78, 5) is 17.3. The van der Waals surface area contributed by atoms with Crippen molar-refractivity contribution in [1.82, 2.24) is 15.0 Å². The predicted octanol–water partition coefficient (Wildman–Crippen LogP) is 1.83. The Morgan fingerprint density at radius 1 is 0.833 bits per heavy atom. The molecule has 24 heavy (non-hydrogen) atoms. The van der Waals surface area contributed by atoms with Crippen LogP contribution in [0, 0.1) is 13.8 Å². The molecule has 1 fully saturated rings. The summed E-state index contributed by atoms with van der Waals surface area (Å²) in [5, 5.41) is 0. The van der Waals surface area contributed by atoms with Crippen LogP contribution in [0.2, 0.25) is 0 Å². The summed E-state index contributed by atoms with van der Waals surface area (Å²) in [6, 6.07) is 7.12. The van der Waals surface area contributed by atoms with Crippen LogP contribution in [0.3, 0.4) is 0 Å². The summed E-state index contributed by atoms with van der Waals surface area (Å²) in [6.45, 7) is 7.79. The van der Waals surface area contributed by atoms with E-state index in [0.29, 0.717) is 5.95 Å². The van der Waals surface area contributed by atoms with Gasteiger partial charge in [0.1, 0.15) is 0 Å². The molecule has 2 heterocycles. The van der Waals surface area contributed by atoms with Crippen molar-refractivity contribution in [3.8, 4) is 12.0 Å². The average molecular weight is 329 g/mol. The van der Waals surface area contributed by atoms with Crippen LogP contribution in [0.25, 0.3) is 0 Å². The second-order valence-electron chi connectivity index (χ2n) is 5.87. The van der Waals surface area contributed by atoms with Gasteiger partial charge in [0.2, 0.25) is 5.95 Å². The topological polar surface area (TPSA) is 63.6 Å². The van der Waals surface area contributed by atoms with E-state index in [1.54, 1.807) is 0 Å². The molecule has 3 rings (SSSR count). The fourth-order valence-electron chi connectivity index (χ4n) is 2.86. The third kappa shape index (κ3) is 3.34. The number of ether oxygens (including phenoxy) is 2. The highest BCUT2D eigenvalue weighted by Crippen LogP contribution is 2.24. The van der Waals surface area contributed by atoms with Crippen LogP contribution < -0.4 is 19.3 Å². The Labute approximate surface area is 142 Å². The van der Waals surface area contributed by atoms with Crippen LogP contribution in [-0.2, 0) is 0 Å². The van der Waals surface area contributed by atoms with Gasteiger partial charge in [-0.15, -0.1) is 4.98 Å². The predicted molar refractivity (Wildman–Crippen MR) is 93.3 cm³/mol. The highest BCUT2D eigenvalue weighted by atomic mass is 16.5. The van der Waals surface area contributed by atoms with Gasteiger partial charge in [-0.2, -0.15) is 9.97 Å². The molecule has 0 N–H and O–H groups in total. The molecule has 7 heteroatoms. The maximum Gasteiger partial charge on any atom is 0.324 e. The zero-order valence-corrected chi connectivity index (χ0v) is 14.6. The minimum atomic E-state index is 0.272. The van der Waals surface area contributed by atoms with Crippen molar-refractivity contribution in [2.75, 3.05) is 50.2 Å². The van der Waals surface area contributed by atoms with Gasteiger partial charge in [0.15, 0.2) is 0 Å². The van der Waals surface area contributed by atoms with Crippen molar-refractivity contribution in [3.63, 3.8) is 0 Å². The number of aromatic nitrogens is 3. The van der Waals surface area contributed by atoms with Crippen LogP contribution >= 0.6 is 0 Å². The monoisotopic (exact) mass is 329 g/mol. The molecule has 0 amide bonds. The Bertz CT molecular complexity index is 692. The molecular formula is C17H23N5O2. The second-order valence-corrected chi connectivity index (χ2v) is 5.87. The quantitative estimate of drug-likeness (QED) is 0.848. The van der Waals surface area contributed by atoms with Crippen LogP contribution in [0.1, 0.15) is 11.1 Å². The van der Waals surface area contributed by atoms with Crippen molar-refractivity contribution in [3.05, 3.63) is 29.3 Å². The van der Waals surface area contributed by atoms with Crippen LogP contribution in [0.5, 0.6) is 12.0 Å². The molecular weight excluding hydrogens is 306 g/mol. The van der Waals surface area contributed by atoms with E-state index in [0.717, 1.165) is 26.2 Å². The summed E-state index contributed by atoms with van der Waals surface area (Å²) in [5.74, 6) is 0.597. The SMILES string of the molecule is COc1nc(OC)nc(N2CCN(c3cc(C)ccc3C)CC2)n1. The number of benzene rings is 1.